The van der Waals surface area contributed by atoms with Crippen LogP contribution in [0.3, 0.4) is 0 Å². The molecule has 17 heavy (non-hydrogen) atoms. The smallest absolute Gasteiger partial charge is 0.268 e. The summed E-state index contributed by atoms with van der Waals surface area (Å²) < 4.78 is 28.0. The van der Waals surface area contributed by atoms with Gasteiger partial charge in [0, 0.05) is 35.0 Å². The molecule has 0 bridgehead atoms. The second-order valence-electron chi connectivity index (χ2n) is 4.29. The summed E-state index contributed by atoms with van der Waals surface area (Å²) in [6, 6.07) is -1.17. The molecular formula is C10H13F2IN4. The molecule has 0 saturated carbocycles. The second-order valence-corrected chi connectivity index (χ2v) is 5.53. The van der Waals surface area contributed by atoms with Gasteiger partial charge < -0.3 is 10.6 Å². The van der Waals surface area contributed by atoms with Crippen LogP contribution in [0, 0.1) is 9.49 Å². The Hall–Kier alpha value is -0.570. The lowest BCUT2D eigenvalue weighted by molar-refractivity contribution is -0.0808. The highest BCUT2D eigenvalue weighted by molar-refractivity contribution is 14.1. The SMILES string of the molecule is CC1CN(c2ncc(I)cn2)CC(N)C1(F)F. The number of halogens is 3. The zero-order valence-electron chi connectivity index (χ0n) is 9.28. The Morgan fingerprint density at radius 1 is 1.41 bits per heavy atom. The van der Waals surface area contributed by atoms with Gasteiger partial charge in [-0.15, -0.1) is 0 Å². The third-order valence-electron chi connectivity index (χ3n) is 2.95. The first-order chi connectivity index (χ1) is 7.91. The number of alkyl halides is 2. The maximum Gasteiger partial charge on any atom is 0.268 e. The van der Waals surface area contributed by atoms with Crippen LogP contribution in [0.25, 0.3) is 0 Å². The highest BCUT2D eigenvalue weighted by atomic mass is 127. The van der Waals surface area contributed by atoms with Gasteiger partial charge in [0.05, 0.1) is 6.04 Å². The van der Waals surface area contributed by atoms with E-state index in [1.54, 1.807) is 17.3 Å². The number of hydrogen-bond acceptors (Lipinski definition) is 4. The third-order valence-corrected chi connectivity index (χ3v) is 3.51. The number of rotatable bonds is 1. The fourth-order valence-electron chi connectivity index (χ4n) is 1.88. The molecule has 0 spiro atoms. The number of anilines is 1. The van der Waals surface area contributed by atoms with Gasteiger partial charge in [-0.25, -0.2) is 18.7 Å². The summed E-state index contributed by atoms with van der Waals surface area (Å²) in [6.45, 7) is 1.80. The van der Waals surface area contributed by atoms with Crippen LogP contribution in [0.15, 0.2) is 12.4 Å². The summed E-state index contributed by atoms with van der Waals surface area (Å²) in [4.78, 5) is 9.96. The van der Waals surface area contributed by atoms with Crippen molar-refractivity contribution in [3.05, 3.63) is 16.0 Å². The molecular weight excluding hydrogens is 341 g/mol. The van der Waals surface area contributed by atoms with E-state index in [1.807, 2.05) is 0 Å². The molecule has 1 aromatic heterocycles. The Labute approximate surface area is 112 Å². The molecule has 4 nitrogen and oxygen atoms in total. The van der Waals surface area contributed by atoms with E-state index < -0.39 is 17.9 Å². The predicted molar refractivity (Wildman–Crippen MR) is 69.0 cm³/mol. The molecule has 0 aliphatic carbocycles. The number of aromatic nitrogens is 2. The van der Waals surface area contributed by atoms with Gasteiger partial charge in [0.25, 0.3) is 5.92 Å². The van der Waals surface area contributed by atoms with E-state index in [0.717, 1.165) is 3.57 Å². The predicted octanol–water partition coefficient (Wildman–Crippen LogP) is 1.50. The molecule has 1 aliphatic heterocycles. The Morgan fingerprint density at radius 3 is 2.53 bits per heavy atom. The fourth-order valence-corrected chi connectivity index (χ4v) is 2.16. The molecule has 1 aromatic rings. The molecule has 2 atom stereocenters. The molecule has 0 amide bonds. The third kappa shape index (κ3) is 2.49. The van der Waals surface area contributed by atoms with Gasteiger partial charge in [-0.3, -0.25) is 0 Å². The maximum absolute atomic E-state index is 13.6. The summed E-state index contributed by atoms with van der Waals surface area (Å²) in [6.07, 6.45) is 3.32. The molecule has 2 rings (SSSR count). The van der Waals surface area contributed by atoms with Crippen LogP contribution in [0.5, 0.6) is 0 Å². The minimum atomic E-state index is -2.82. The lowest BCUT2D eigenvalue weighted by atomic mass is 9.92. The second kappa shape index (κ2) is 4.60. The lowest BCUT2D eigenvalue weighted by Crippen LogP contribution is -2.60. The summed E-state index contributed by atoms with van der Waals surface area (Å²) >= 11 is 2.09. The highest BCUT2D eigenvalue weighted by Crippen LogP contribution is 2.33. The van der Waals surface area contributed by atoms with Crippen molar-refractivity contribution < 1.29 is 8.78 Å². The van der Waals surface area contributed by atoms with Crippen molar-refractivity contribution in [1.82, 2.24) is 9.97 Å². The molecule has 2 unspecified atom stereocenters. The molecule has 94 valence electrons. The monoisotopic (exact) mass is 354 g/mol. The van der Waals surface area contributed by atoms with Gasteiger partial charge in [-0.1, -0.05) is 6.92 Å². The summed E-state index contributed by atoms with van der Waals surface area (Å²) in [7, 11) is 0. The van der Waals surface area contributed by atoms with Crippen LogP contribution in [-0.4, -0.2) is 35.0 Å². The van der Waals surface area contributed by atoms with Crippen molar-refractivity contribution in [3.8, 4) is 0 Å². The van der Waals surface area contributed by atoms with Crippen molar-refractivity contribution >= 4 is 28.5 Å². The molecule has 1 aliphatic rings. The Kier molecular flexibility index (Phi) is 3.48. The first kappa shape index (κ1) is 12.9. The van der Waals surface area contributed by atoms with Gasteiger partial charge in [0.2, 0.25) is 5.95 Å². The number of piperidine rings is 1. The average Bonchev–Trinajstić information content (AvgIpc) is 2.27. The van der Waals surface area contributed by atoms with E-state index in [0.29, 0.717) is 5.95 Å². The first-order valence-corrected chi connectivity index (χ1v) is 6.35. The van der Waals surface area contributed by atoms with Crippen molar-refractivity contribution in [2.75, 3.05) is 18.0 Å². The topological polar surface area (TPSA) is 55.0 Å². The Balaban J connectivity index is 2.17. The van der Waals surface area contributed by atoms with E-state index in [1.165, 1.54) is 6.92 Å². The lowest BCUT2D eigenvalue weighted by Gasteiger charge is -2.40. The summed E-state index contributed by atoms with van der Waals surface area (Å²) in [5.74, 6) is -3.16. The Bertz CT molecular complexity index is 384. The normalized spacial score (nSPS) is 28.2. The van der Waals surface area contributed by atoms with Gasteiger partial charge in [0.1, 0.15) is 0 Å². The van der Waals surface area contributed by atoms with E-state index >= 15 is 0 Å². The van der Waals surface area contributed by atoms with E-state index in [9.17, 15) is 8.78 Å². The van der Waals surface area contributed by atoms with Crippen LogP contribution < -0.4 is 10.6 Å². The van der Waals surface area contributed by atoms with E-state index in [2.05, 4.69) is 32.6 Å². The summed E-state index contributed by atoms with van der Waals surface area (Å²) in [5, 5.41) is 0. The molecule has 1 fully saturated rings. The maximum atomic E-state index is 13.6. The molecule has 2 N–H and O–H groups in total. The molecule has 2 heterocycles. The summed E-state index contributed by atoms with van der Waals surface area (Å²) in [5.41, 5.74) is 5.51. The van der Waals surface area contributed by atoms with Crippen LogP contribution in [-0.2, 0) is 0 Å². The first-order valence-electron chi connectivity index (χ1n) is 5.27. The van der Waals surface area contributed by atoms with E-state index in [-0.39, 0.29) is 13.1 Å². The molecule has 7 heteroatoms. The Morgan fingerprint density at radius 2 is 2.00 bits per heavy atom. The average molecular weight is 354 g/mol. The molecule has 0 radical (unpaired) electrons. The van der Waals surface area contributed by atoms with Crippen LogP contribution >= 0.6 is 22.6 Å². The largest absolute Gasteiger partial charge is 0.339 e. The van der Waals surface area contributed by atoms with E-state index in [4.69, 9.17) is 5.73 Å². The minimum Gasteiger partial charge on any atom is -0.339 e. The van der Waals surface area contributed by atoms with Crippen LogP contribution in [0.1, 0.15) is 6.92 Å². The number of hydrogen-bond donors (Lipinski definition) is 1. The fraction of sp³-hybridized carbons (Fsp3) is 0.600. The van der Waals surface area contributed by atoms with Crippen molar-refractivity contribution in [2.45, 2.75) is 18.9 Å². The number of nitrogens with zero attached hydrogens (tertiary/aromatic N) is 3. The van der Waals surface area contributed by atoms with Crippen LogP contribution in [0.4, 0.5) is 14.7 Å². The quantitative estimate of drug-likeness (QED) is 0.777. The van der Waals surface area contributed by atoms with Gasteiger partial charge >= 0.3 is 0 Å². The molecule has 0 aromatic carbocycles. The van der Waals surface area contributed by atoms with Crippen molar-refractivity contribution in [2.24, 2.45) is 11.7 Å². The van der Waals surface area contributed by atoms with Crippen LogP contribution in [0.2, 0.25) is 0 Å². The zero-order valence-corrected chi connectivity index (χ0v) is 11.4. The van der Waals surface area contributed by atoms with Crippen molar-refractivity contribution in [1.29, 1.82) is 0 Å². The zero-order chi connectivity index (χ0) is 12.6. The molecule has 1 saturated heterocycles. The highest BCUT2D eigenvalue weighted by Gasteiger charge is 2.48. The minimum absolute atomic E-state index is 0.0813. The van der Waals surface area contributed by atoms with Gasteiger partial charge in [-0.05, 0) is 22.6 Å². The van der Waals surface area contributed by atoms with Gasteiger partial charge in [-0.2, -0.15) is 0 Å². The number of nitrogens with two attached hydrogens (primary N) is 1. The van der Waals surface area contributed by atoms with Gasteiger partial charge in [0.15, 0.2) is 0 Å². The van der Waals surface area contributed by atoms with Crippen molar-refractivity contribution in [3.63, 3.8) is 0 Å². The standard InChI is InChI=1S/C10H13F2IN4/c1-6-4-17(5-8(14)10(6,11)12)9-15-2-7(13)3-16-9/h2-3,6,8H,4-5,14H2,1H3.